The number of hydrogen-bond donors (Lipinski definition) is 1. The summed E-state index contributed by atoms with van der Waals surface area (Å²) in [4.78, 5) is 17.3. The Hall–Kier alpha value is -3.63. The van der Waals surface area contributed by atoms with E-state index in [1.165, 1.54) is 16.3 Å². The zero-order valence-corrected chi connectivity index (χ0v) is 17.5. The smallest absolute Gasteiger partial charge is 0.251 e. The molecule has 0 bridgehead atoms. The molecular formula is C26H20ClN3O. The highest BCUT2D eigenvalue weighted by molar-refractivity contribution is 6.30. The fourth-order valence-electron chi connectivity index (χ4n) is 3.82. The lowest BCUT2D eigenvalue weighted by Crippen LogP contribution is -2.24. The van der Waals surface area contributed by atoms with Crippen LogP contribution in [-0.2, 0) is 13.1 Å². The Morgan fingerprint density at radius 2 is 1.61 bits per heavy atom. The molecule has 4 aromatic carbocycles. The highest BCUT2D eigenvalue weighted by Crippen LogP contribution is 2.21. The molecule has 0 saturated carbocycles. The van der Waals surface area contributed by atoms with Crippen molar-refractivity contribution in [2.75, 3.05) is 0 Å². The van der Waals surface area contributed by atoms with Crippen molar-refractivity contribution < 1.29 is 4.79 Å². The monoisotopic (exact) mass is 425 g/mol. The topological polar surface area (TPSA) is 46.9 Å². The Balaban J connectivity index is 1.44. The molecule has 4 nitrogen and oxygen atoms in total. The second-order valence-electron chi connectivity index (χ2n) is 7.47. The Kier molecular flexibility index (Phi) is 5.14. The van der Waals surface area contributed by atoms with Crippen molar-refractivity contribution in [2.24, 2.45) is 0 Å². The van der Waals surface area contributed by atoms with Gasteiger partial charge in [-0.25, -0.2) is 4.98 Å². The molecule has 1 N–H and O–H groups in total. The average molecular weight is 426 g/mol. The van der Waals surface area contributed by atoms with E-state index in [9.17, 15) is 4.79 Å². The third-order valence-corrected chi connectivity index (χ3v) is 5.65. The van der Waals surface area contributed by atoms with E-state index >= 15 is 0 Å². The predicted molar refractivity (Wildman–Crippen MR) is 125 cm³/mol. The number of hydrogen-bond acceptors (Lipinski definition) is 2. The van der Waals surface area contributed by atoms with Crippen molar-refractivity contribution in [2.45, 2.75) is 13.1 Å². The molecule has 0 unspecified atom stereocenters. The van der Waals surface area contributed by atoms with E-state index in [2.05, 4.69) is 52.3 Å². The van der Waals surface area contributed by atoms with Crippen LogP contribution in [0.15, 0.2) is 91.0 Å². The van der Waals surface area contributed by atoms with E-state index in [1.807, 2.05) is 24.3 Å². The molecule has 1 aromatic heterocycles. The summed E-state index contributed by atoms with van der Waals surface area (Å²) in [6.45, 7) is 1.02. The number of nitrogens with one attached hydrogen (secondary N) is 1. The van der Waals surface area contributed by atoms with Gasteiger partial charge in [-0.15, -0.1) is 0 Å². The lowest BCUT2D eigenvalue weighted by molar-refractivity contribution is 0.0949. The molecule has 0 fully saturated rings. The number of aromatic nitrogens is 2. The van der Waals surface area contributed by atoms with Crippen LogP contribution in [0.3, 0.4) is 0 Å². The number of imidazole rings is 1. The van der Waals surface area contributed by atoms with Crippen LogP contribution in [0, 0.1) is 0 Å². The molecule has 5 aromatic rings. The molecule has 0 atom stereocenters. The van der Waals surface area contributed by atoms with Gasteiger partial charge in [0.1, 0.15) is 5.82 Å². The number of carbonyl (C=O) groups excluding carboxylic acids is 1. The largest absolute Gasteiger partial charge is 0.345 e. The lowest BCUT2D eigenvalue weighted by Gasteiger charge is -2.11. The fraction of sp³-hybridized carbons (Fsp3) is 0.0769. The van der Waals surface area contributed by atoms with Gasteiger partial charge < -0.3 is 9.88 Å². The SMILES string of the molecule is O=C(NCc1nc2ccccc2n1Cc1ccc2ccccc2c1)c1ccc(Cl)cc1. The molecular weight excluding hydrogens is 406 g/mol. The van der Waals surface area contributed by atoms with Gasteiger partial charge >= 0.3 is 0 Å². The van der Waals surface area contributed by atoms with Crippen molar-refractivity contribution in [3.05, 3.63) is 113 Å². The van der Waals surface area contributed by atoms with Crippen LogP contribution in [0.5, 0.6) is 0 Å². The first-order valence-corrected chi connectivity index (χ1v) is 10.5. The highest BCUT2D eigenvalue weighted by Gasteiger charge is 2.13. The van der Waals surface area contributed by atoms with E-state index in [0.717, 1.165) is 16.9 Å². The Morgan fingerprint density at radius 1 is 0.871 bits per heavy atom. The quantitative estimate of drug-likeness (QED) is 0.385. The zero-order valence-electron chi connectivity index (χ0n) is 16.8. The van der Waals surface area contributed by atoms with Crippen LogP contribution in [-0.4, -0.2) is 15.5 Å². The van der Waals surface area contributed by atoms with E-state index in [0.29, 0.717) is 23.7 Å². The molecule has 31 heavy (non-hydrogen) atoms. The number of fused-ring (bicyclic) bond motifs is 2. The molecule has 0 aliphatic heterocycles. The first-order chi connectivity index (χ1) is 15.2. The normalized spacial score (nSPS) is 11.1. The fourth-order valence-corrected chi connectivity index (χ4v) is 3.95. The first kappa shape index (κ1) is 19.3. The second kappa shape index (κ2) is 8.25. The molecule has 1 amide bonds. The van der Waals surface area contributed by atoms with Crippen LogP contribution >= 0.6 is 11.6 Å². The van der Waals surface area contributed by atoms with Crippen LogP contribution < -0.4 is 5.32 Å². The van der Waals surface area contributed by atoms with Crippen molar-refractivity contribution in [3.63, 3.8) is 0 Å². The van der Waals surface area contributed by atoms with Gasteiger partial charge in [0, 0.05) is 17.1 Å². The molecule has 5 rings (SSSR count). The van der Waals surface area contributed by atoms with E-state index in [-0.39, 0.29) is 5.91 Å². The highest BCUT2D eigenvalue weighted by atomic mass is 35.5. The average Bonchev–Trinajstić information content (AvgIpc) is 3.15. The minimum atomic E-state index is -0.152. The van der Waals surface area contributed by atoms with Crippen LogP contribution in [0.4, 0.5) is 0 Å². The number of carbonyl (C=O) groups is 1. The summed E-state index contributed by atoms with van der Waals surface area (Å²) in [6, 6.07) is 29.7. The summed E-state index contributed by atoms with van der Waals surface area (Å²) < 4.78 is 2.17. The minimum absolute atomic E-state index is 0.152. The van der Waals surface area contributed by atoms with Gasteiger partial charge in [-0.3, -0.25) is 4.79 Å². The maximum Gasteiger partial charge on any atom is 0.251 e. The predicted octanol–water partition coefficient (Wildman–Crippen LogP) is 5.82. The standard InChI is InChI=1S/C26H20ClN3O/c27-22-13-11-20(12-14-22)26(31)28-16-25-29-23-7-3-4-8-24(23)30(25)17-18-9-10-19-5-1-2-6-21(19)15-18/h1-15H,16-17H2,(H,28,31). The maximum atomic E-state index is 12.6. The van der Waals surface area contributed by atoms with Gasteiger partial charge in [-0.1, -0.05) is 60.1 Å². The zero-order chi connectivity index (χ0) is 21.2. The third-order valence-electron chi connectivity index (χ3n) is 5.40. The van der Waals surface area contributed by atoms with Crippen molar-refractivity contribution in [1.82, 2.24) is 14.9 Å². The van der Waals surface area contributed by atoms with Crippen molar-refractivity contribution >= 4 is 39.3 Å². The number of amides is 1. The molecule has 0 radical (unpaired) electrons. The van der Waals surface area contributed by atoms with Crippen LogP contribution in [0.2, 0.25) is 5.02 Å². The molecule has 1 heterocycles. The Labute approximate surface area is 185 Å². The number of benzene rings is 4. The van der Waals surface area contributed by atoms with Gasteiger partial charge in [0.2, 0.25) is 0 Å². The Morgan fingerprint density at radius 3 is 2.45 bits per heavy atom. The summed E-state index contributed by atoms with van der Waals surface area (Å²) in [5.41, 5.74) is 3.72. The molecule has 5 heteroatoms. The summed E-state index contributed by atoms with van der Waals surface area (Å²) in [7, 11) is 0. The number of rotatable bonds is 5. The Bertz CT molecular complexity index is 1390. The summed E-state index contributed by atoms with van der Waals surface area (Å²) in [5.74, 6) is 0.664. The number of halogens is 1. The summed E-state index contributed by atoms with van der Waals surface area (Å²) >= 11 is 5.92. The summed E-state index contributed by atoms with van der Waals surface area (Å²) in [5, 5.41) is 6.02. The van der Waals surface area contributed by atoms with Gasteiger partial charge in [-0.2, -0.15) is 0 Å². The molecule has 152 valence electrons. The van der Waals surface area contributed by atoms with Crippen molar-refractivity contribution in [1.29, 1.82) is 0 Å². The van der Waals surface area contributed by atoms with Crippen LogP contribution in [0.25, 0.3) is 21.8 Å². The number of para-hydroxylation sites is 2. The lowest BCUT2D eigenvalue weighted by atomic mass is 10.1. The van der Waals surface area contributed by atoms with E-state index in [4.69, 9.17) is 16.6 Å². The molecule has 0 aliphatic carbocycles. The van der Waals surface area contributed by atoms with Crippen molar-refractivity contribution in [3.8, 4) is 0 Å². The first-order valence-electron chi connectivity index (χ1n) is 10.1. The minimum Gasteiger partial charge on any atom is -0.345 e. The third kappa shape index (κ3) is 4.03. The molecule has 0 spiro atoms. The molecule has 0 saturated heterocycles. The molecule has 0 aliphatic rings. The summed E-state index contributed by atoms with van der Waals surface area (Å²) in [6.07, 6.45) is 0. The van der Waals surface area contributed by atoms with E-state index < -0.39 is 0 Å². The van der Waals surface area contributed by atoms with Gasteiger partial charge in [0.25, 0.3) is 5.91 Å². The van der Waals surface area contributed by atoms with E-state index in [1.54, 1.807) is 24.3 Å². The second-order valence-corrected chi connectivity index (χ2v) is 7.91. The number of nitrogens with zero attached hydrogens (tertiary/aromatic N) is 2. The maximum absolute atomic E-state index is 12.6. The van der Waals surface area contributed by atoms with Gasteiger partial charge in [-0.05, 0) is 58.8 Å². The van der Waals surface area contributed by atoms with Gasteiger partial charge in [0.05, 0.1) is 17.6 Å². The van der Waals surface area contributed by atoms with Crippen LogP contribution in [0.1, 0.15) is 21.7 Å². The van der Waals surface area contributed by atoms with Gasteiger partial charge in [0.15, 0.2) is 0 Å².